The number of hydrogen-bond acceptors (Lipinski definition) is 1. The lowest BCUT2D eigenvalue weighted by Crippen LogP contribution is -2.04. The van der Waals surface area contributed by atoms with Gasteiger partial charge in [-0.05, 0) is 12.0 Å². The highest BCUT2D eigenvalue weighted by Crippen LogP contribution is 2.20. The van der Waals surface area contributed by atoms with E-state index in [9.17, 15) is 0 Å². The SMILES string of the molecule is CC[C@@H](OCCBr)c1ccccc1. The zero-order valence-corrected chi connectivity index (χ0v) is 9.46. The smallest absolute Gasteiger partial charge is 0.0822 e. The molecule has 0 radical (unpaired) electrons. The largest absolute Gasteiger partial charge is 0.373 e. The molecule has 0 aliphatic heterocycles. The van der Waals surface area contributed by atoms with Crippen LogP contribution < -0.4 is 0 Å². The highest BCUT2D eigenvalue weighted by atomic mass is 79.9. The molecule has 13 heavy (non-hydrogen) atoms. The van der Waals surface area contributed by atoms with Gasteiger partial charge in [0.15, 0.2) is 0 Å². The average molecular weight is 243 g/mol. The lowest BCUT2D eigenvalue weighted by molar-refractivity contribution is 0.0622. The summed E-state index contributed by atoms with van der Waals surface area (Å²) in [6, 6.07) is 10.4. The quantitative estimate of drug-likeness (QED) is 0.718. The number of rotatable bonds is 5. The zero-order chi connectivity index (χ0) is 9.52. The van der Waals surface area contributed by atoms with E-state index in [0.29, 0.717) is 0 Å². The molecule has 0 bridgehead atoms. The van der Waals surface area contributed by atoms with E-state index >= 15 is 0 Å². The van der Waals surface area contributed by atoms with Gasteiger partial charge in [-0.2, -0.15) is 0 Å². The lowest BCUT2D eigenvalue weighted by Gasteiger charge is -2.15. The van der Waals surface area contributed by atoms with Crippen LogP contribution in [0.3, 0.4) is 0 Å². The molecule has 0 spiro atoms. The van der Waals surface area contributed by atoms with Crippen LogP contribution in [0.5, 0.6) is 0 Å². The number of ether oxygens (including phenoxy) is 1. The van der Waals surface area contributed by atoms with E-state index in [0.717, 1.165) is 18.4 Å². The Morgan fingerprint density at radius 3 is 2.54 bits per heavy atom. The van der Waals surface area contributed by atoms with Gasteiger partial charge in [0, 0.05) is 5.33 Å². The van der Waals surface area contributed by atoms with Gasteiger partial charge in [0.2, 0.25) is 0 Å². The molecule has 1 aromatic rings. The van der Waals surface area contributed by atoms with E-state index < -0.39 is 0 Å². The van der Waals surface area contributed by atoms with Crippen molar-refractivity contribution in [1.82, 2.24) is 0 Å². The predicted octanol–water partition coefficient (Wildman–Crippen LogP) is 3.55. The standard InChI is InChI=1S/C11H15BrO/c1-2-11(13-9-8-12)10-6-4-3-5-7-10/h3-7,11H,2,8-9H2,1H3/t11-/m1/s1. The molecule has 0 fully saturated rings. The van der Waals surface area contributed by atoms with Crippen LogP contribution in [-0.2, 0) is 4.74 Å². The van der Waals surface area contributed by atoms with Gasteiger partial charge in [-0.3, -0.25) is 0 Å². The molecular weight excluding hydrogens is 228 g/mol. The van der Waals surface area contributed by atoms with Crippen LogP contribution in [0.2, 0.25) is 0 Å². The van der Waals surface area contributed by atoms with E-state index in [4.69, 9.17) is 4.74 Å². The highest BCUT2D eigenvalue weighted by molar-refractivity contribution is 9.09. The van der Waals surface area contributed by atoms with Crippen molar-refractivity contribution in [3.63, 3.8) is 0 Å². The van der Waals surface area contributed by atoms with Crippen molar-refractivity contribution >= 4 is 15.9 Å². The highest BCUT2D eigenvalue weighted by Gasteiger charge is 2.07. The Morgan fingerprint density at radius 2 is 2.00 bits per heavy atom. The Kier molecular flexibility index (Phi) is 5.09. The second-order valence-corrected chi connectivity index (χ2v) is 3.66. The summed E-state index contributed by atoms with van der Waals surface area (Å²) >= 11 is 3.35. The molecule has 0 heterocycles. The first-order chi connectivity index (χ1) is 6.38. The molecule has 0 N–H and O–H groups in total. The predicted molar refractivity (Wildman–Crippen MR) is 59.2 cm³/mol. The third-order valence-electron chi connectivity index (χ3n) is 1.94. The van der Waals surface area contributed by atoms with Gasteiger partial charge < -0.3 is 4.74 Å². The topological polar surface area (TPSA) is 9.23 Å². The fourth-order valence-electron chi connectivity index (χ4n) is 1.30. The summed E-state index contributed by atoms with van der Waals surface area (Å²) in [5, 5.41) is 0.899. The maximum absolute atomic E-state index is 5.68. The summed E-state index contributed by atoms with van der Waals surface area (Å²) in [7, 11) is 0. The molecule has 0 aliphatic rings. The van der Waals surface area contributed by atoms with Crippen molar-refractivity contribution in [2.24, 2.45) is 0 Å². The van der Waals surface area contributed by atoms with Crippen molar-refractivity contribution in [2.75, 3.05) is 11.9 Å². The Morgan fingerprint density at radius 1 is 1.31 bits per heavy atom. The Bertz CT molecular complexity index is 223. The molecule has 0 amide bonds. The van der Waals surface area contributed by atoms with E-state index in [1.165, 1.54) is 5.56 Å². The lowest BCUT2D eigenvalue weighted by atomic mass is 10.1. The van der Waals surface area contributed by atoms with Crippen molar-refractivity contribution in [3.05, 3.63) is 35.9 Å². The van der Waals surface area contributed by atoms with Crippen LogP contribution in [0.25, 0.3) is 0 Å². The molecule has 0 aliphatic carbocycles. The van der Waals surface area contributed by atoms with Gasteiger partial charge in [0.05, 0.1) is 12.7 Å². The summed E-state index contributed by atoms with van der Waals surface area (Å²) < 4.78 is 5.68. The summed E-state index contributed by atoms with van der Waals surface area (Å²) in [6.07, 6.45) is 1.27. The maximum atomic E-state index is 5.68. The molecule has 0 unspecified atom stereocenters. The molecule has 72 valence electrons. The third kappa shape index (κ3) is 3.49. The van der Waals surface area contributed by atoms with E-state index in [2.05, 4.69) is 47.1 Å². The molecule has 1 rings (SSSR count). The summed E-state index contributed by atoms with van der Waals surface area (Å²) in [6.45, 7) is 2.92. The van der Waals surface area contributed by atoms with Crippen molar-refractivity contribution in [2.45, 2.75) is 19.4 Å². The van der Waals surface area contributed by atoms with Crippen molar-refractivity contribution in [3.8, 4) is 0 Å². The molecule has 1 aromatic carbocycles. The number of halogens is 1. The van der Waals surface area contributed by atoms with Gasteiger partial charge in [-0.25, -0.2) is 0 Å². The van der Waals surface area contributed by atoms with Crippen LogP contribution in [-0.4, -0.2) is 11.9 Å². The molecule has 1 atom stereocenters. The molecular formula is C11H15BrO. The first-order valence-corrected chi connectivity index (χ1v) is 5.73. The van der Waals surface area contributed by atoms with E-state index in [-0.39, 0.29) is 6.10 Å². The summed E-state index contributed by atoms with van der Waals surface area (Å²) in [4.78, 5) is 0. The maximum Gasteiger partial charge on any atom is 0.0822 e. The first-order valence-electron chi connectivity index (χ1n) is 4.61. The summed E-state index contributed by atoms with van der Waals surface area (Å²) in [5.74, 6) is 0. The first kappa shape index (κ1) is 10.7. The van der Waals surface area contributed by atoms with Gasteiger partial charge in [0.25, 0.3) is 0 Å². The monoisotopic (exact) mass is 242 g/mol. The molecule has 1 nitrogen and oxygen atoms in total. The minimum atomic E-state index is 0.249. The minimum absolute atomic E-state index is 0.249. The fourth-order valence-corrected chi connectivity index (χ4v) is 1.49. The van der Waals surface area contributed by atoms with E-state index in [1.807, 2.05) is 6.07 Å². The van der Waals surface area contributed by atoms with Crippen LogP contribution >= 0.6 is 15.9 Å². The number of benzene rings is 1. The van der Waals surface area contributed by atoms with Gasteiger partial charge in [0.1, 0.15) is 0 Å². The normalized spacial score (nSPS) is 12.8. The summed E-state index contributed by atoms with van der Waals surface area (Å²) in [5.41, 5.74) is 1.27. The van der Waals surface area contributed by atoms with Gasteiger partial charge >= 0.3 is 0 Å². The van der Waals surface area contributed by atoms with Crippen molar-refractivity contribution in [1.29, 1.82) is 0 Å². The fraction of sp³-hybridized carbons (Fsp3) is 0.455. The Labute approximate surface area is 88.2 Å². The number of hydrogen-bond donors (Lipinski definition) is 0. The average Bonchev–Trinajstić information content (AvgIpc) is 2.21. The number of alkyl halides is 1. The Balaban J connectivity index is 2.56. The van der Waals surface area contributed by atoms with Crippen molar-refractivity contribution < 1.29 is 4.74 Å². The third-order valence-corrected chi connectivity index (χ3v) is 2.26. The van der Waals surface area contributed by atoms with E-state index in [1.54, 1.807) is 0 Å². The van der Waals surface area contributed by atoms with Crippen LogP contribution in [0.15, 0.2) is 30.3 Å². The molecule has 2 heteroatoms. The second-order valence-electron chi connectivity index (χ2n) is 2.87. The van der Waals surface area contributed by atoms with Crippen LogP contribution in [0.1, 0.15) is 25.0 Å². The van der Waals surface area contributed by atoms with Crippen LogP contribution in [0.4, 0.5) is 0 Å². The van der Waals surface area contributed by atoms with Gasteiger partial charge in [-0.1, -0.05) is 53.2 Å². The van der Waals surface area contributed by atoms with Gasteiger partial charge in [-0.15, -0.1) is 0 Å². The second kappa shape index (κ2) is 6.17. The molecule has 0 aromatic heterocycles. The Hall–Kier alpha value is -0.340. The minimum Gasteiger partial charge on any atom is -0.373 e. The molecule has 0 saturated carbocycles. The zero-order valence-electron chi connectivity index (χ0n) is 7.87. The van der Waals surface area contributed by atoms with Crippen LogP contribution in [0, 0.1) is 0 Å². The molecule has 0 saturated heterocycles.